The lowest BCUT2D eigenvalue weighted by molar-refractivity contribution is 0.0869. The molecule has 0 radical (unpaired) electrons. The van der Waals surface area contributed by atoms with Gasteiger partial charge in [-0.25, -0.2) is 0 Å². The molecule has 4 nitrogen and oxygen atoms in total. The van der Waals surface area contributed by atoms with Crippen molar-refractivity contribution in [3.8, 4) is 0 Å². The Balaban J connectivity index is 1.67. The van der Waals surface area contributed by atoms with Crippen molar-refractivity contribution in [3.63, 3.8) is 0 Å². The monoisotopic (exact) mass is 242 g/mol. The first-order valence-electron chi connectivity index (χ1n) is 7.06. The van der Waals surface area contributed by atoms with Crippen molar-refractivity contribution in [2.45, 2.75) is 44.2 Å². The molecule has 2 fully saturated rings. The number of hydrogen-bond acceptors (Lipinski definition) is 4. The predicted molar refractivity (Wildman–Crippen MR) is 68.1 cm³/mol. The minimum atomic E-state index is 0.262. The molecule has 0 aliphatic carbocycles. The van der Waals surface area contributed by atoms with Crippen molar-refractivity contribution in [2.24, 2.45) is 0 Å². The minimum Gasteiger partial charge on any atom is -0.395 e. The topological polar surface area (TPSA) is 44.7 Å². The van der Waals surface area contributed by atoms with Crippen LogP contribution >= 0.6 is 0 Å². The zero-order valence-corrected chi connectivity index (χ0v) is 10.7. The van der Waals surface area contributed by atoms with Crippen LogP contribution in [-0.4, -0.2) is 61.5 Å². The molecule has 2 unspecified atom stereocenters. The number of nitrogens with zero attached hydrogens (tertiary/aromatic N) is 1. The third kappa shape index (κ3) is 4.54. The molecule has 0 bridgehead atoms. The molecular weight excluding hydrogens is 216 g/mol. The average Bonchev–Trinajstić information content (AvgIpc) is 2.99. The maximum absolute atomic E-state index is 9.11. The maximum atomic E-state index is 9.11. The van der Waals surface area contributed by atoms with Gasteiger partial charge >= 0.3 is 0 Å². The number of nitrogens with one attached hydrogen (secondary N) is 1. The molecule has 17 heavy (non-hydrogen) atoms. The summed E-state index contributed by atoms with van der Waals surface area (Å²) in [7, 11) is 0. The highest BCUT2D eigenvalue weighted by molar-refractivity contribution is 4.78. The van der Waals surface area contributed by atoms with Crippen molar-refractivity contribution < 1.29 is 9.84 Å². The Morgan fingerprint density at radius 3 is 2.82 bits per heavy atom. The van der Waals surface area contributed by atoms with E-state index in [0.717, 1.165) is 39.2 Å². The van der Waals surface area contributed by atoms with Gasteiger partial charge in [-0.05, 0) is 38.6 Å². The molecule has 0 amide bonds. The van der Waals surface area contributed by atoms with Crippen molar-refractivity contribution >= 4 is 0 Å². The largest absolute Gasteiger partial charge is 0.395 e. The smallest absolute Gasteiger partial charge is 0.0588 e. The molecule has 0 aromatic rings. The summed E-state index contributed by atoms with van der Waals surface area (Å²) in [5.74, 6) is 0. The van der Waals surface area contributed by atoms with Gasteiger partial charge in [0.05, 0.1) is 12.7 Å². The van der Waals surface area contributed by atoms with Crippen molar-refractivity contribution in [2.75, 3.05) is 39.4 Å². The Morgan fingerprint density at radius 1 is 1.24 bits per heavy atom. The maximum Gasteiger partial charge on any atom is 0.0588 e. The van der Waals surface area contributed by atoms with Gasteiger partial charge in [-0.2, -0.15) is 0 Å². The van der Waals surface area contributed by atoms with Gasteiger partial charge in [-0.1, -0.05) is 0 Å². The number of aliphatic hydroxyl groups excluding tert-OH is 1. The van der Waals surface area contributed by atoms with Gasteiger partial charge in [0.25, 0.3) is 0 Å². The van der Waals surface area contributed by atoms with Crippen molar-refractivity contribution in [1.29, 1.82) is 0 Å². The van der Waals surface area contributed by atoms with Crippen LogP contribution < -0.4 is 5.32 Å². The SMILES string of the molecule is OCCN(CCC1CCCO1)CC1CCCN1. The van der Waals surface area contributed by atoms with Crippen LogP contribution in [0.2, 0.25) is 0 Å². The van der Waals surface area contributed by atoms with E-state index in [1.165, 1.54) is 25.7 Å². The molecule has 100 valence electrons. The lowest BCUT2D eigenvalue weighted by Crippen LogP contribution is -2.40. The molecule has 2 rings (SSSR count). The minimum absolute atomic E-state index is 0.262. The van der Waals surface area contributed by atoms with Gasteiger partial charge in [0, 0.05) is 32.3 Å². The Kier molecular flexibility index (Phi) is 5.71. The molecule has 0 spiro atoms. The first kappa shape index (κ1) is 13.3. The highest BCUT2D eigenvalue weighted by Crippen LogP contribution is 2.16. The van der Waals surface area contributed by atoms with E-state index < -0.39 is 0 Å². The van der Waals surface area contributed by atoms with Gasteiger partial charge in [0.15, 0.2) is 0 Å². The van der Waals surface area contributed by atoms with E-state index in [1.54, 1.807) is 0 Å². The van der Waals surface area contributed by atoms with Gasteiger partial charge in [0.2, 0.25) is 0 Å². The van der Waals surface area contributed by atoms with Crippen LogP contribution in [-0.2, 0) is 4.74 Å². The quantitative estimate of drug-likeness (QED) is 0.686. The second-order valence-corrected chi connectivity index (χ2v) is 5.24. The van der Waals surface area contributed by atoms with E-state index >= 15 is 0 Å². The zero-order chi connectivity index (χ0) is 11.9. The third-order valence-electron chi connectivity index (χ3n) is 3.85. The van der Waals surface area contributed by atoms with Gasteiger partial charge in [0.1, 0.15) is 0 Å². The summed E-state index contributed by atoms with van der Waals surface area (Å²) in [6.45, 7) is 5.29. The summed E-state index contributed by atoms with van der Waals surface area (Å²) in [6, 6.07) is 0.631. The molecule has 2 N–H and O–H groups in total. The molecule has 0 aromatic carbocycles. The van der Waals surface area contributed by atoms with E-state index in [2.05, 4.69) is 10.2 Å². The number of aliphatic hydroxyl groups is 1. The van der Waals surface area contributed by atoms with Crippen LogP contribution in [0, 0.1) is 0 Å². The van der Waals surface area contributed by atoms with Crippen LogP contribution in [0.1, 0.15) is 32.1 Å². The van der Waals surface area contributed by atoms with Crippen molar-refractivity contribution in [3.05, 3.63) is 0 Å². The summed E-state index contributed by atoms with van der Waals surface area (Å²) in [6.07, 6.45) is 6.59. The van der Waals surface area contributed by atoms with Crippen LogP contribution in [0.15, 0.2) is 0 Å². The van der Waals surface area contributed by atoms with Crippen LogP contribution in [0.5, 0.6) is 0 Å². The average molecular weight is 242 g/mol. The Morgan fingerprint density at radius 2 is 2.18 bits per heavy atom. The van der Waals surface area contributed by atoms with E-state index in [4.69, 9.17) is 9.84 Å². The summed E-state index contributed by atoms with van der Waals surface area (Å²) in [4.78, 5) is 2.38. The lowest BCUT2D eigenvalue weighted by atomic mass is 10.1. The van der Waals surface area contributed by atoms with E-state index in [9.17, 15) is 0 Å². The molecule has 2 saturated heterocycles. The Bertz CT molecular complexity index is 202. The summed E-state index contributed by atoms with van der Waals surface area (Å²) in [5.41, 5.74) is 0. The third-order valence-corrected chi connectivity index (χ3v) is 3.85. The summed E-state index contributed by atoms with van der Waals surface area (Å²) in [5, 5.41) is 12.6. The standard InChI is InChI=1S/C13H26N2O2/c16-9-8-15(11-12-3-1-6-14-12)7-5-13-4-2-10-17-13/h12-14,16H,1-11H2. The van der Waals surface area contributed by atoms with Crippen LogP contribution in [0.25, 0.3) is 0 Å². The lowest BCUT2D eigenvalue weighted by Gasteiger charge is -2.25. The highest BCUT2D eigenvalue weighted by atomic mass is 16.5. The number of rotatable bonds is 7. The zero-order valence-electron chi connectivity index (χ0n) is 10.7. The van der Waals surface area contributed by atoms with Gasteiger partial charge < -0.3 is 15.2 Å². The Hall–Kier alpha value is -0.160. The normalized spacial score (nSPS) is 29.3. The summed E-state index contributed by atoms with van der Waals surface area (Å²) < 4.78 is 5.65. The van der Waals surface area contributed by atoms with Crippen LogP contribution in [0.4, 0.5) is 0 Å². The summed E-state index contributed by atoms with van der Waals surface area (Å²) >= 11 is 0. The number of hydrogen-bond donors (Lipinski definition) is 2. The van der Waals surface area contributed by atoms with E-state index in [0.29, 0.717) is 12.1 Å². The van der Waals surface area contributed by atoms with Gasteiger partial charge in [-0.15, -0.1) is 0 Å². The molecular formula is C13H26N2O2. The van der Waals surface area contributed by atoms with Crippen molar-refractivity contribution in [1.82, 2.24) is 10.2 Å². The molecule has 2 aliphatic rings. The second kappa shape index (κ2) is 7.31. The molecule has 2 atom stereocenters. The van der Waals surface area contributed by atoms with E-state index in [1.807, 2.05) is 0 Å². The fourth-order valence-corrected chi connectivity index (χ4v) is 2.86. The molecule has 4 heteroatoms. The Labute approximate surface area is 104 Å². The van der Waals surface area contributed by atoms with Gasteiger partial charge in [-0.3, -0.25) is 4.90 Å². The first-order valence-corrected chi connectivity index (χ1v) is 7.06. The molecule has 2 heterocycles. The fourth-order valence-electron chi connectivity index (χ4n) is 2.86. The van der Waals surface area contributed by atoms with E-state index in [-0.39, 0.29) is 6.61 Å². The highest BCUT2D eigenvalue weighted by Gasteiger charge is 2.20. The molecule has 2 aliphatic heterocycles. The predicted octanol–water partition coefficient (Wildman–Crippen LogP) is 0.602. The first-order chi connectivity index (χ1) is 8.38. The molecule has 0 aromatic heterocycles. The van der Waals surface area contributed by atoms with Crippen LogP contribution in [0.3, 0.4) is 0 Å². The molecule has 0 saturated carbocycles. The number of ether oxygens (including phenoxy) is 1. The second-order valence-electron chi connectivity index (χ2n) is 5.24. The fraction of sp³-hybridized carbons (Fsp3) is 1.00.